The lowest BCUT2D eigenvalue weighted by Gasteiger charge is -2.00. The number of nitro groups is 1. The van der Waals surface area contributed by atoms with Crippen LogP contribution in [-0.4, -0.2) is 10.7 Å². The van der Waals surface area contributed by atoms with Crippen LogP contribution in [-0.2, 0) is 0 Å². The molecule has 0 amide bonds. The highest BCUT2D eigenvalue weighted by atomic mass is 79.9. The smallest absolute Gasteiger partial charge is 0.284 e. The molecule has 5 heteroatoms. The van der Waals surface area contributed by atoms with Gasteiger partial charge in [0.05, 0.1) is 4.92 Å². The number of carbonyl (C=O) groups excluding carboxylic acids is 1. The molecule has 0 aliphatic heterocycles. The Hall–Kier alpha value is -1.49. The van der Waals surface area contributed by atoms with E-state index in [1.807, 2.05) is 0 Å². The van der Waals surface area contributed by atoms with Crippen LogP contribution in [0.1, 0.15) is 10.4 Å². The Bertz CT molecular complexity index is 415. The fourth-order valence-electron chi connectivity index (χ4n) is 0.961. The van der Waals surface area contributed by atoms with Crippen molar-refractivity contribution in [2.45, 2.75) is 0 Å². The topological polar surface area (TPSA) is 60.2 Å². The van der Waals surface area contributed by atoms with Crippen molar-refractivity contribution in [3.05, 3.63) is 51.0 Å². The molecule has 0 fully saturated rings. The molecular formula is C9H6BrNO3. The molecule has 0 N–H and O–H groups in total. The number of halogens is 1. The molecule has 0 aliphatic rings. The normalized spacial score (nSPS) is 9.50. The first kappa shape index (κ1) is 10.6. The third kappa shape index (κ3) is 1.88. The SMILES string of the molecule is C=CC(=O)c1cccc([N+](=O)[O-])c1Br. The predicted octanol–water partition coefficient (Wildman–Crippen LogP) is 2.73. The van der Waals surface area contributed by atoms with E-state index in [0.29, 0.717) is 0 Å². The Morgan fingerprint density at radius 1 is 1.57 bits per heavy atom. The van der Waals surface area contributed by atoms with Gasteiger partial charge >= 0.3 is 0 Å². The van der Waals surface area contributed by atoms with Crippen LogP contribution < -0.4 is 0 Å². The summed E-state index contributed by atoms with van der Waals surface area (Å²) in [6.45, 7) is 3.31. The molecular weight excluding hydrogens is 250 g/mol. The molecule has 4 nitrogen and oxygen atoms in total. The highest BCUT2D eigenvalue weighted by Gasteiger charge is 2.17. The number of hydrogen-bond donors (Lipinski definition) is 0. The number of rotatable bonds is 3. The van der Waals surface area contributed by atoms with Gasteiger partial charge in [0, 0.05) is 11.6 Å². The van der Waals surface area contributed by atoms with E-state index in [2.05, 4.69) is 22.5 Å². The lowest BCUT2D eigenvalue weighted by Crippen LogP contribution is -1.98. The Morgan fingerprint density at radius 3 is 2.71 bits per heavy atom. The minimum absolute atomic E-state index is 0.127. The second-order valence-electron chi connectivity index (χ2n) is 2.46. The van der Waals surface area contributed by atoms with E-state index in [0.717, 1.165) is 6.08 Å². The number of allylic oxidation sites excluding steroid dienone is 1. The molecule has 0 atom stereocenters. The van der Waals surface area contributed by atoms with E-state index in [1.54, 1.807) is 0 Å². The van der Waals surface area contributed by atoms with E-state index in [-0.39, 0.29) is 21.5 Å². The van der Waals surface area contributed by atoms with Crippen molar-refractivity contribution >= 4 is 27.4 Å². The molecule has 0 saturated heterocycles. The number of carbonyl (C=O) groups is 1. The average molecular weight is 256 g/mol. The minimum atomic E-state index is -0.552. The van der Waals surface area contributed by atoms with Gasteiger partial charge in [0.25, 0.3) is 5.69 Å². The first-order valence-electron chi connectivity index (χ1n) is 3.67. The van der Waals surface area contributed by atoms with Gasteiger partial charge in [0.1, 0.15) is 4.47 Å². The van der Waals surface area contributed by atoms with Gasteiger partial charge in [-0.15, -0.1) is 0 Å². The molecule has 0 aliphatic carbocycles. The van der Waals surface area contributed by atoms with Gasteiger partial charge in [-0.2, -0.15) is 0 Å². The molecule has 72 valence electrons. The summed E-state index contributed by atoms with van der Waals surface area (Å²) in [6, 6.07) is 4.28. The van der Waals surface area contributed by atoms with Crippen LogP contribution >= 0.6 is 15.9 Å². The lowest BCUT2D eigenvalue weighted by atomic mass is 10.1. The summed E-state index contributed by atoms with van der Waals surface area (Å²) in [4.78, 5) is 21.2. The van der Waals surface area contributed by atoms with E-state index < -0.39 is 4.92 Å². The van der Waals surface area contributed by atoms with Crippen LogP contribution in [0.2, 0.25) is 0 Å². The van der Waals surface area contributed by atoms with Crippen LogP contribution in [0.4, 0.5) is 5.69 Å². The van der Waals surface area contributed by atoms with Crippen molar-refractivity contribution < 1.29 is 9.72 Å². The number of benzene rings is 1. The predicted molar refractivity (Wildman–Crippen MR) is 55.3 cm³/mol. The van der Waals surface area contributed by atoms with E-state index in [9.17, 15) is 14.9 Å². The molecule has 0 bridgehead atoms. The third-order valence-electron chi connectivity index (χ3n) is 1.63. The van der Waals surface area contributed by atoms with Gasteiger partial charge in [0.2, 0.25) is 0 Å². The maximum Gasteiger partial charge on any atom is 0.284 e. The van der Waals surface area contributed by atoms with Crippen molar-refractivity contribution in [3.8, 4) is 0 Å². The first-order valence-corrected chi connectivity index (χ1v) is 4.47. The fourth-order valence-corrected chi connectivity index (χ4v) is 1.57. The van der Waals surface area contributed by atoms with Gasteiger partial charge < -0.3 is 0 Å². The maximum absolute atomic E-state index is 11.2. The Kier molecular flexibility index (Phi) is 3.14. The van der Waals surface area contributed by atoms with E-state index >= 15 is 0 Å². The average Bonchev–Trinajstić information content (AvgIpc) is 2.16. The van der Waals surface area contributed by atoms with E-state index in [1.165, 1.54) is 18.2 Å². The molecule has 0 saturated carbocycles. The summed E-state index contributed by atoms with van der Waals surface area (Å²) >= 11 is 3.01. The molecule has 1 aromatic carbocycles. The van der Waals surface area contributed by atoms with Gasteiger partial charge in [-0.05, 0) is 28.1 Å². The van der Waals surface area contributed by atoms with Crippen molar-refractivity contribution in [1.82, 2.24) is 0 Å². The molecule has 1 aromatic rings. The van der Waals surface area contributed by atoms with Crippen LogP contribution in [0.25, 0.3) is 0 Å². The van der Waals surface area contributed by atoms with Gasteiger partial charge in [0.15, 0.2) is 5.78 Å². The third-order valence-corrected chi connectivity index (χ3v) is 2.46. The number of ketones is 1. The van der Waals surface area contributed by atoms with Crippen molar-refractivity contribution in [2.24, 2.45) is 0 Å². The summed E-state index contributed by atoms with van der Waals surface area (Å²) < 4.78 is 0.190. The quantitative estimate of drug-likeness (QED) is 0.361. The Balaban J connectivity index is 3.34. The second-order valence-corrected chi connectivity index (χ2v) is 3.26. The Morgan fingerprint density at radius 2 is 2.21 bits per heavy atom. The number of hydrogen-bond acceptors (Lipinski definition) is 3. The van der Waals surface area contributed by atoms with Crippen molar-refractivity contribution in [3.63, 3.8) is 0 Å². The molecule has 0 heterocycles. The summed E-state index contributed by atoms with van der Waals surface area (Å²) in [6.07, 6.45) is 1.11. The largest absolute Gasteiger partial charge is 0.289 e. The highest BCUT2D eigenvalue weighted by Crippen LogP contribution is 2.28. The van der Waals surface area contributed by atoms with Gasteiger partial charge in [-0.1, -0.05) is 12.6 Å². The van der Waals surface area contributed by atoms with E-state index in [4.69, 9.17) is 0 Å². The molecule has 14 heavy (non-hydrogen) atoms. The molecule has 0 aromatic heterocycles. The Labute approximate surface area is 88.5 Å². The second kappa shape index (κ2) is 4.15. The lowest BCUT2D eigenvalue weighted by molar-refractivity contribution is -0.385. The zero-order valence-electron chi connectivity index (χ0n) is 7.07. The summed E-state index contributed by atoms with van der Waals surface area (Å²) in [7, 11) is 0. The standard InChI is InChI=1S/C9H6BrNO3/c1-2-8(12)6-4-3-5-7(9(6)10)11(13)14/h2-5H,1H2. The fraction of sp³-hybridized carbons (Fsp3) is 0. The zero-order chi connectivity index (χ0) is 10.7. The monoisotopic (exact) mass is 255 g/mol. The summed E-state index contributed by atoms with van der Waals surface area (Å²) in [5.74, 6) is -0.347. The number of nitro benzene ring substituents is 1. The van der Waals surface area contributed by atoms with Crippen molar-refractivity contribution in [2.75, 3.05) is 0 Å². The summed E-state index contributed by atoms with van der Waals surface area (Å²) in [5, 5.41) is 10.5. The van der Waals surface area contributed by atoms with Crippen LogP contribution in [0.3, 0.4) is 0 Å². The van der Waals surface area contributed by atoms with Crippen LogP contribution in [0.15, 0.2) is 35.3 Å². The molecule has 0 spiro atoms. The highest BCUT2D eigenvalue weighted by molar-refractivity contribution is 9.10. The molecule has 1 rings (SSSR count). The zero-order valence-corrected chi connectivity index (χ0v) is 8.65. The van der Waals surface area contributed by atoms with Crippen molar-refractivity contribution in [1.29, 1.82) is 0 Å². The van der Waals surface area contributed by atoms with Crippen LogP contribution in [0.5, 0.6) is 0 Å². The minimum Gasteiger partial charge on any atom is -0.289 e. The molecule has 0 unspecified atom stereocenters. The summed E-state index contributed by atoms with van der Waals surface area (Å²) in [5.41, 5.74) is 0.118. The van der Waals surface area contributed by atoms with Crippen LogP contribution in [0, 0.1) is 10.1 Å². The van der Waals surface area contributed by atoms with Gasteiger partial charge in [-0.25, -0.2) is 0 Å². The maximum atomic E-state index is 11.2. The molecule has 0 radical (unpaired) electrons. The van der Waals surface area contributed by atoms with Gasteiger partial charge in [-0.3, -0.25) is 14.9 Å². The first-order chi connectivity index (χ1) is 6.57. The number of nitrogens with zero attached hydrogens (tertiary/aromatic N) is 1.